The van der Waals surface area contributed by atoms with E-state index in [-0.39, 0.29) is 17.4 Å². The molecule has 3 heterocycles. The second-order valence-corrected chi connectivity index (χ2v) is 9.18. The van der Waals surface area contributed by atoms with Gasteiger partial charge in [0, 0.05) is 41.7 Å². The Bertz CT molecular complexity index is 1510. The number of nitrogens with zero attached hydrogens (tertiary/aromatic N) is 7. The molecule has 0 radical (unpaired) electrons. The molecule has 0 saturated heterocycles. The molecule has 0 atom stereocenters. The van der Waals surface area contributed by atoms with Crippen molar-refractivity contribution in [3.8, 4) is 22.5 Å². The van der Waals surface area contributed by atoms with Crippen LogP contribution in [-0.4, -0.2) is 45.0 Å². The van der Waals surface area contributed by atoms with Crippen LogP contribution in [-0.2, 0) is 5.54 Å². The number of aromatic nitrogens is 4. The van der Waals surface area contributed by atoms with Crippen molar-refractivity contribution in [3.05, 3.63) is 59.9 Å². The Morgan fingerprint density at radius 1 is 1.03 bits per heavy atom. The second kappa shape index (κ2) is 8.39. The monoisotopic (exact) mass is 467 g/mol. The van der Waals surface area contributed by atoms with E-state index < -0.39 is 0 Å². The molecule has 2 aromatic heterocycles. The number of aliphatic imine (C=N–C) groups is 1. The van der Waals surface area contributed by atoms with E-state index in [1.807, 2.05) is 30.3 Å². The van der Waals surface area contributed by atoms with E-state index in [0.29, 0.717) is 29.5 Å². The Morgan fingerprint density at radius 2 is 1.77 bits per heavy atom. The number of amidine groups is 1. The van der Waals surface area contributed by atoms with Crippen LogP contribution in [0.15, 0.2) is 64.0 Å². The van der Waals surface area contributed by atoms with Crippen molar-refractivity contribution >= 4 is 28.7 Å². The van der Waals surface area contributed by atoms with E-state index in [1.165, 1.54) is 0 Å². The van der Waals surface area contributed by atoms with Gasteiger partial charge in [0.2, 0.25) is 5.95 Å². The van der Waals surface area contributed by atoms with Crippen LogP contribution < -0.4 is 11.1 Å². The Hall–Kier alpha value is -4.47. The van der Waals surface area contributed by atoms with E-state index in [9.17, 15) is 4.79 Å². The third kappa shape index (κ3) is 4.03. The third-order valence-corrected chi connectivity index (χ3v) is 5.77. The number of nitrogen functional groups attached to an aromatic ring is 1. The molecule has 176 valence electrons. The van der Waals surface area contributed by atoms with Gasteiger partial charge >= 0.3 is 0 Å². The van der Waals surface area contributed by atoms with Gasteiger partial charge in [0.15, 0.2) is 12.5 Å². The fourth-order valence-corrected chi connectivity index (χ4v) is 4.19. The topological polar surface area (TPSA) is 136 Å². The second-order valence-electron chi connectivity index (χ2n) is 9.18. The van der Waals surface area contributed by atoms with Gasteiger partial charge in [0.05, 0.1) is 16.6 Å². The molecule has 0 spiro atoms. The molecular weight excluding hydrogens is 442 g/mol. The molecule has 3 N–H and O–H groups in total. The zero-order valence-corrected chi connectivity index (χ0v) is 19.9. The molecule has 1 amide bonds. The quantitative estimate of drug-likeness (QED) is 0.467. The fourth-order valence-electron chi connectivity index (χ4n) is 4.19. The van der Waals surface area contributed by atoms with Gasteiger partial charge in [-0.25, -0.2) is 19.9 Å². The number of nitrogens with one attached hydrogen (secondary N) is 1. The molecule has 35 heavy (non-hydrogen) atoms. The highest BCUT2D eigenvalue weighted by molar-refractivity contribution is 6.05. The summed E-state index contributed by atoms with van der Waals surface area (Å²) in [7, 11) is 1.61. The molecule has 10 nitrogen and oxygen atoms in total. The first kappa shape index (κ1) is 22.3. The van der Waals surface area contributed by atoms with Gasteiger partial charge in [-0.2, -0.15) is 5.11 Å². The number of imidazole rings is 1. The first-order valence-electron chi connectivity index (χ1n) is 11.2. The summed E-state index contributed by atoms with van der Waals surface area (Å²) in [5, 5.41) is 10.8. The van der Waals surface area contributed by atoms with Gasteiger partial charge in [-0.15, -0.1) is 5.11 Å². The van der Waals surface area contributed by atoms with E-state index in [4.69, 9.17) is 10.7 Å². The van der Waals surface area contributed by atoms with Gasteiger partial charge in [0.1, 0.15) is 5.82 Å². The summed E-state index contributed by atoms with van der Waals surface area (Å²) in [6.07, 6.45) is 3.38. The Balaban J connectivity index is 1.76. The molecule has 0 aliphatic carbocycles. The highest BCUT2D eigenvalue weighted by atomic mass is 16.1. The molecular formula is C25H25N9O. The maximum atomic E-state index is 12.8. The van der Waals surface area contributed by atoms with Crippen molar-refractivity contribution in [2.45, 2.75) is 26.3 Å². The molecule has 1 aliphatic rings. The first-order chi connectivity index (χ1) is 16.8. The molecule has 5 rings (SSSR count). The van der Waals surface area contributed by atoms with Crippen LogP contribution in [0.5, 0.6) is 0 Å². The average molecular weight is 468 g/mol. The minimum absolute atomic E-state index is 0.200. The number of nitrogens with two attached hydrogens (primary N) is 1. The minimum Gasteiger partial charge on any atom is -0.368 e. The molecule has 10 heteroatoms. The molecule has 4 aromatic rings. The largest absolute Gasteiger partial charge is 0.368 e. The number of carbonyl (C=O) groups excluding carboxylic acids is 1. The molecule has 0 unspecified atom stereocenters. The lowest BCUT2D eigenvalue weighted by Crippen LogP contribution is -2.24. The predicted molar refractivity (Wildman–Crippen MR) is 135 cm³/mol. The van der Waals surface area contributed by atoms with E-state index in [2.05, 4.69) is 55.8 Å². The van der Waals surface area contributed by atoms with Gasteiger partial charge in [-0.3, -0.25) is 4.79 Å². The SMILES string of the molecule is CNC(=O)c1ccc(C2=NCN=N2)cc1-c1nc2cc(-c3cnc(N)nc3)ccc2n1C(C)(C)C. The Kier molecular flexibility index (Phi) is 5.35. The Labute approximate surface area is 202 Å². The van der Waals surface area contributed by atoms with Gasteiger partial charge < -0.3 is 15.6 Å². The number of hydrogen-bond donors (Lipinski definition) is 2. The lowest BCUT2D eigenvalue weighted by Gasteiger charge is -2.25. The zero-order chi connectivity index (χ0) is 24.7. The first-order valence-corrected chi connectivity index (χ1v) is 11.2. The number of hydrogen-bond acceptors (Lipinski definition) is 8. The fraction of sp³-hybridized carbons (Fsp3) is 0.240. The third-order valence-electron chi connectivity index (χ3n) is 5.77. The van der Waals surface area contributed by atoms with Crippen LogP contribution in [0, 0.1) is 0 Å². The average Bonchev–Trinajstić information content (AvgIpc) is 3.51. The number of carbonyl (C=O) groups is 1. The highest BCUT2D eigenvalue weighted by Crippen LogP contribution is 2.35. The van der Waals surface area contributed by atoms with Crippen LogP contribution >= 0.6 is 0 Å². The van der Waals surface area contributed by atoms with Gasteiger partial charge in [0.25, 0.3) is 5.91 Å². The van der Waals surface area contributed by atoms with Crippen molar-refractivity contribution in [2.75, 3.05) is 19.5 Å². The molecule has 0 fully saturated rings. The number of fused-ring (bicyclic) bond motifs is 1. The van der Waals surface area contributed by atoms with E-state index >= 15 is 0 Å². The van der Waals surface area contributed by atoms with E-state index in [1.54, 1.807) is 25.5 Å². The van der Waals surface area contributed by atoms with Crippen LogP contribution in [0.1, 0.15) is 36.7 Å². The normalized spacial score (nSPS) is 13.3. The lowest BCUT2D eigenvalue weighted by molar-refractivity contribution is 0.0963. The maximum Gasteiger partial charge on any atom is 0.251 e. The summed E-state index contributed by atoms with van der Waals surface area (Å²) in [4.78, 5) is 30.4. The van der Waals surface area contributed by atoms with Crippen molar-refractivity contribution in [2.24, 2.45) is 15.2 Å². The van der Waals surface area contributed by atoms with E-state index in [0.717, 1.165) is 27.7 Å². The number of azo groups is 1. The molecule has 1 aliphatic heterocycles. The van der Waals surface area contributed by atoms with Crippen LogP contribution in [0.4, 0.5) is 5.95 Å². The van der Waals surface area contributed by atoms with Crippen molar-refractivity contribution in [1.82, 2.24) is 24.8 Å². The lowest BCUT2D eigenvalue weighted by atomic mass is 10.00. The zero-order valence-electron chi connectivity index (χ0n) is 19.9. The molecule has 0 saturated carbocycles. The van der Waals surface area contributed by atoms with Crippen molar-refractivity contribution in [3.63, 3.8) is 0 Å². The van der Waals surface area contributed by atoms with Gasteiger partial charge in [-0.05, 0) is 50.6 Å². The number of anilines is 1. The van der Waals surface area contributed by atoms with Crippen LogP contribution in [0.3, 0.4) is 0 Å². The Morgan fingerprint density at radius 3 is 2.43 bits per heavy atom. The van der Waals surface area contributed by atoms with Crippen LogP contribution in [0.2, 0.25) is 0 Å². The summed E-state index contributed by atoms with van der Waals surface area (Å²) in [5.74, 6) is 1.24. The van der Waals surface area contributed by atoms with Crippen molar-refractivity contribution in [1.29, 1.82) is 0 Å². The summed E-state index contributed by atoms with van der Waals surface area (Å²) in [6.45, 7) is 6.63. The summed E-state index contributed by atoms with van der Waals surface area (Å²) < 4.78 is 2.15. The molecule has 2 aromatic carbocycles. The van der Waals surface area contributed by atoms with Gasteiger partial charge in [-0.1, -0.05) is 12.1 Å². The summed E-state index contributed by atoms with van der Waals surface area (Å²) >= 11 is 0. The highest BCUT2D eigenvalue weighted by Gasteiger charge is 2.26. The maximum absolute atomic E-state index is 12.8. The summed E-state index contributed by atoms with van der Waals surface area (Å²) in [6, 6.07) is 11.6. The summed E-state index contributed by atoms with van der Waals surface area (Å²) in [5.41, 5.74) is 10.8. The minimum atomic E-state index is -0.323. The number of amides is 1. The van der Waals surface area contributed by atoms with Crippen molar-refractivity contribution < 1.29 is 4.79 Å². The number of rotatable bonds is 4. The molecule has 0 bridgehead atoms. The van der Waals surface area contributed by atoms with Crippen LogP contribution in [0.25, 0.3) is 33.5 Å². The predicted octanol–water partition coefficient (Wildman–Crippen LogP) is 4.03. The number of benzene rings is 2. The standard InChI is InChI=1S/C25H25N9O/c1-25(2,3)34-20-8-6-14(16-11-28-24(26)29-12-16)10-19(20)32-22(34)18-9-15(21-30-13-31-33-21)5-7-17(18)23(35)27-4/h5-12H,13H2,1-4H3,(H,27,35)(H2,26,28,29). The smallest absolute Gasteiger partial charge is 0.251 e.